The summed E-state index contributed by atoms with van der Waals surface area (Å²) in [5, 5.41) is 0. The van der Waals surface area contributed by atoms with Gasteiger partial charge in [-0.1, -0.05) is 26.0 Å². The van der Waals surface area contributed by atoms with Crippen molar-refractivity contribution in [3.63, 3.8) is 0 Å². The lowest BCUT2D eigenvalue weighted by Gasteiger charge is -2.37. The van der Waals surface area contributed by atoms with Crippen LogP contribution in [0.25, 0.3) is 0 Å². The van der Waals surface area contributed by atoms with E-state index in [2.05, 4.69) is 23.6 Å². The molecule has 0 saturated carbocycles. The first-order valence-corrected chi connectivity index (χ1v) is 10.9. The van der Waals surface area contributed by atoms with Crippen LogP contribution in [-0.4, -0.2) is 79.6 Å². The van der Waals surface area contributed by atoms with Crippen LogP contribution in [0.1, 0.15) is 32.4 Å². The number of nitrogens with zero attached hydrogens (tertiary/aromatic N) is 3. The molecule has 1 aromatic rings. The van der Waals surface area contributed by atoms with Crippen LogP contribution in [0, 0.1) is 23.1 Å². The van der Waals surface area contributed by atoms with Crippen molar-refractivity contribution in [2.75, 3.05) is 59.0 Å². The summed E-state index contributed by atoms with van der Waals surface area (Å²) in [6, 6.07) is 6.79. The van der Waals surface area contributed by atoms with Gasteiger partial charge >= 0.3 is 0 Å². The van der Waals surface area contributed by atoms with Crippen LogP contribution in [0.3, 0.4) is 0 Å². The Morgan fingerprint density at radius 1 is 1.14 bits per heavy atom. The minimum atomic E-state index is -0.226. The molecule has 3 aliphatic rings. The van der Waals surface area contributed by atoms with E-state index in [1.807, 2.05) is 11.0 Å². The van der Waals surface area contributed by atoms with Crippen LogP contribution in [0.15, 0.2) is 24.3 Å². The number of carbonyl (C=O) groups excluding carboxylic acids is 1. The number of carbonyl (C=O) groups is 1. The molecule has 0 aliphatic carbocycles. The molecular weight excluding hydrogens is 369 g/mol. The highest BCUT2D eigenvalue weighted by Crippen LogP contribution is 2.45. The maximum atomic E-state index is 13.9. The van der Waals surface area contributed by atoms with Gasteiger partial charge in [0.2, 0.25) is 5.91 Å². The predicted molar refractivity (Wildman–Crippen MR) is 111 cm³/mol. The normalized spacial score (nSPS) is 28.7. The number of benzene rings is 1. The molecular formula is C23H34FN3O2. The first-order chi connectivity index (χ1) is 13.8. The number of hydrogen-bond donors (Lipinski definition) is 0. The molecule has 3 aliphatic heterocycles. The number of ether oxygens (including phenoxy) is 1. The molecule has 1 aromatic carbocycles. The molecule has 3 atom stereocenters. The first kappa shape index (κ1) is 20.8. The lowest BCUT2D eigenvalue weighted by Crippen LogP contribution is -2.46. The maximum Gasteiger partial charge on any atom is 0.219 e. The SMILES string of the molecule is CC(=O)N1C[C@H]2CN(CC(C)(C)CN3CCOCC3)C[C@H]2[C@@H]1c1cccc(F)c1. The molecule has 0 N–H and O–H groups in total. The summed E-state index contributed by atoms with van der Waals surface area (Å²) < 4.78 is 19.4. The molecule has 29 heavy (non-hydrogen) atoms. The van der Waals surface area contributed by atoms with Gasteiger partial charge in [0.05, 0.1) is 19.3 Å². The molecule has 1 amide bonds. The number of halogens is 1. The summed E-state index contributed by atoms with van der Waals surface area (Å²) in [6.07, 6.45) is 0. The smallest absolute Gasteiger partial charge is 0.219 e. The molecule has 5 nitrogen and oxygen atoms in total. The van der Waals surface area contributed by atoms with E-state index in [0.717, 1.165) is 64.6 Å². The van der Waals surface area contributed by atoms with E-state index >= 15 is 0 Å². The van der Waals surface area contributed by atoms with Gasteiger partial charge in [0.1, 0.15) is 5.82 Å². The number of amides is 1. The van der Waals surface area contributed by atoms with Gasteiger partial charge in [0, 0.05) is 58.7 Å². The van der Waals surface area contributed by atoms with Crippen LogP contribution in [0.5, 0.6) is 0 Å². The zero-order valence-corrected chi connectivity index (χ0v) is 17.9. The quantitative estimate of drug-likeness (QED) is 0.757. The summed E-state index contributed by atoms with van der Waals surface area (Å²) in [7, 11) is 0. The van der Waals surface area contributed by atoms with E-state index in [1.165, 1.54) is 6.07 Å². The molecule has 0 radical (unpaired) electrons. The van der Waals surface area contributed by atoms with Crippen molar-refractivity contribution in [1.82, 2.24) is 14.7 Å². The fourth-order valence-corrected chi connectivity index (χ4v) is 5.73. The zero-order chi connectivity index (χ0) is 20.6. The fourth-order valence-electron chi connectivity index (χ4n) is 5.73. The Hall–Kier alpha value is -1.50. The minimum Gasteiger partial charge on any atom is -0.379 e. The monoisotopic (exact) mass is 403 g/mol. The van der Waals surface area contributed by atoms with Gasteiger partial charge < -0.3 is 14.5 Å². The number of hydrogen-bond acceptors (Lipinski definition) is 4. The Kier molecular flexibility index (Phi) is 5.96. The topological polar surface area (TPSA) is 36.0 Å². The average molecular weight is 404 g/mol. The van der Waals surface area contributed by atoms with Gasteiger partial charge in [-0.3, -0.25) is 9.69 Å². The molecule has 3 saturated heterocycles. The van der Waals surface area contributed by atoms with E-state index in [9.17, 15) is 9.18 Å². The van der Waals surface area contributed by atoms with E-state index in [1.54, 1.807) is 19.1 Å². The highest BCUT2D eigenvalue weighted by Gasteiger charge is 2.49. The molecule has 0 bridgehead atoms. The third-order valence-corrected chi connectivity index (χ3v) is 6.74. The molecule has 160 valence electrons. The second-order valence-corrected chi connectivity index (χ2v) is 9.84. The predicted octanol–water partition coefficient (Wildman–Crippen LogP) is 2.64. The average Bonchev–Trinajstić information content (AvgIpc) is 3.18. The van der Waals surface area contributed by atoms with E-state index in [0.29, 0.717) is 11.8 Å². The van der Waals surface area contributed by atoms with Gasteiger partial charge in [0.25, 0.3) is 0 Å². The van der Waals surface area contributed by atoms with Crippen LogP contribution in [-0.2, 0) is 9.53 Å². The maximum absolute atomic E-state index is 13.9. The van der Waals surface area contributed by atoms with Crippen molar-refractivity contribution in [2.24, 2.45) is 17.3 Å². The first-order valence-electron chi connectivity index (χ1n) is 10.9. The van der Waals surface area contributed by atoms with Crippen molar-refractivity contribution in [3.8, 4) is 0 Å². The minimum absolute atomic E-state index is 0.0134. The van der Waals surface area contributed by atoms with Gasteiger partial charge in [-0.05, 0) is 29.0 Å². The van der Waals surface area contributed by atoms with Gasteiger partial charge in [0.15, 0.2) is 0 Å². The second-order valence-electron chi connectivity index (χ2n) is 9.84. The highest BCUT2D eigenvalue weighted by molar-refractivity contribution is 5.74. The standard InChI is InChI=1S/C23H34FN3O2/c1-17(28)27-13-19-12-26(16-23(2,3)15-25-7-9-29-10-8-25)14-21(19)22(27)18-5-4-6-20(24)11-18/h4-6,11,19,21-22H,7-10,12-16H2,1-3H3/t19-,21-,22+/m1/s1. The molecule has 3 fully saturated rings. The summed E-state index contributed by atoms with van der Waals surface area (Å²) in [5.74, 6) is 0.704. The number of rotatable bonds is 5. The number of morpholine rings is 1. The van der Waals surface area contributed by atoms with Crippen molar-refractivity contribution in [2.45, 2.75) is 26.8 Å². The molecule has 0 spiro atoms. The van der Waals surface area contributed by atoms with Gasteiger partial charge in [-0.25, -0.2) is 4.39 Å². The Bertz CT molecular complexity index is 735. The van der Waals surface area contributed by atoms with E-state index in [4.69, 9.17) is 4.74 Å². The van der Waals surface area contributed by atoms with E-state index < -0.39 is 0 Å². The Morgan fingerprint density at radius 3 is 2.55 bits per heavy atom. The molecule has 0 unspecified atom stereocenters. The highest BCUT2D eigenvalue weighted by atomic mass is 19.1. The number of likely N-dealkylation sites (tertiary alicyclic amines) is 2. The Labute approximate surface area is 173 Å². The number of fused-ring (bicyclic) bond motifs is 1. The van der Waals surface area contributed by atoms with Crippen molar-refractivity contribution < 1.29 is 13.9 Å². The summed E-state index contributed by atoms with van der Waals surface area (Å²) in [6.45, 7) is 14.9. The second kappa shape index (κ2) is 8.32. The molecule has 6 heteroatoms. The Balaban J connectivity index is 1.44. The van der Waals surface area contributed by atoms with Crippen molar-refractivity contribution in [3.05, 3.63) is 35.6 Å². The summed E-state index contributed by atoms with van der Waals surface area (Å²) in [4.78, 5) is 19.3. The summed E-state index contributed by atoms with van der Waals surface area (Å²) >= 11 is 0. The van der Waals surface area contributed by atoms with Crippen LogP contribution >= 0.6 is 0 Å². The van der Waals surface area contributed by atoms with E-state index in [-0.39, 0.29) is 23.2 Å². The fraction of sp³-hybridized carbons (Fsp3) is 0.696. The molecule has 3 heterocycles. The van der Waals surface area contributed by atoms with Crippen LogP contribution in [0.4, 0.5) is 4.39 Å². The van der Waals surface area contributed by atoms with Crippen molar-refractivity contribution >= 4 is 5.91 Å². The zero-order valence-electron chi connectivity index (χ0n) is 17.9. The van der Waals surface area contributed by atoms with Gasteiger partial charge in [-0.2, -0.15) is 0 Å². The van der Waals surface area contributed by atoms with Crippen molar-refractivity contribution in [1.29, 1.82) is 0 Å². The summed E-state index contributed by atoms with van der Waals surface area (Å²) in [5.41, 5.74) is 1.13. The molecule has 0 aromatic heterocycles. The van der Waals surface area contributed by atoms with Crippen LogP contribution in [0.2, 0.25) is 0 Å². The van der Waals surface area contributed by atoms with Gasteiger partial charge in [-0.15, -0.1) is 0 Å². The largest absolute Gasteiger partial charge is 0.379 e. The lowest BCUT2D eigenvalue weighted by atomic mass is 9.89. The third kappa shape index (κ3) is 4.65. The lowest BCUT2D eigenvalue weighted by molar-refractivity contribution is -0.130. The third-order valence-electron chi connectivity index (χ3n) is 6.74. The van der Waals surface area contributed by atoms with Crippen LogP contribution < -0.4 is 0 Å². The molecule has 4 rings (SSSR count). The Morgan fingerprint density at radius 2 is 1.86 bits per heavy atom.